The van der Waals surface area contributed by atoms with Crippen LogP contribution in [0.15, 0.2) is 42.9 Å². The summed E-state index contributed by atoms with van der Waals surface area (Å²) in [6.45, 7) is 8.12. The summed E-state index contributed by atoms with van der Waals surface area (Å²) in [6.07, 6.45) is 5.82. The minimum atomic E-state index is -0.533. The van der Waals surface area contributed by atoms with Crippen LogP contribution >= 0.6 is 0 Å². The van der Waals surface area contributed by atoms with E-state index in [9.17, 15) is 4.39 Å². The number of hydrogen-bond donors (Lipinski definition) is 0. The van der Waals surface area contributed by atoms with Crippen LogP contribution in [0.25, 0.3) is 0 Å². The van der Waals surface area contributed by atoms with Gasteiger partial charge in [-0.1, -0.05) is 27.7 Å². The minimum absolute atomic E-state index is 0.0675. The molecule has 0 radical (unpaired) electrons. The van der Waals surface area contributed by atoms with Gasteiger partial charge in [-0.3, -0.25) is 4.98 Å². The first kappa shape index (κ1) is 21.0. The highest BCUT2D eigenvalue weighted by Gasteiger charge is 2.19. The van der Waals surface area contributed by atoms with E-state index in [1.807, 2.05) is 19.9 Å². The van der Waals surface area contributed by atoms with E-state index in [1.165, 1.54) is 12.3 Å². The fourth-order valence-corrected chi connectivity index (χ4v) is 3.43. The Hall–Kier alpha value is -2.76. The number of rotatable bonds is 7. The average molecular weight is 396 g/mol. The molecule has 3 heterocycles. The third-order valence-corrected chi connectivity index (χ3v) is 5.25. The second-order valence-corrected chi connectivity index (χ2v) is 7.92. The second kappa shape index (κ2) is 9.16. The first-order valence-corrected chi connectivity index (χ1v) is 9.91. The standard InChI is InChI=1S/C23H26F2N4/c1-14(2)18-11-19(29-28-13-18)9-16(4)20-6-8-26-21(23(20)25)10-15(3)17-5-7-27-22(24)12-17/h5-8,11-16H,9-10H2,1-4H3. The maximum absolute atomic E-state index is 15.2. The Morgan fingerprint density at radius 2 is 1.62 bits per heavy atom. The molecule has 0 aromatic carbocycles. The molecule has 0 bridgehead atoms. The van der Waals surface area contributed by atoms with Gasteiger partial charge in [-0.05, 0) is 71.6 Å². The van der Waals surface area contributed by atoms with Crippen molar-refractivity contribution in [2.24, 2.45) is 0 Å². The van der Waals surface area contributed by atoms with Gasteiger partial charge in [0.2, 0.25) is 5.95 Å². The summed E-state index contributed by atoms with van der Waals surface area (Å²) < 4.78 is 28.6. The van der Waals surface area contributed by atoms with Crippen molar-refractivity contribution in [1.82, 2.24) is 20.2 Å². The molecule has 0 saturated heterocycles. The smallest absolute Gasteiger partial charge is 0.213 e. The largest absolute Gasteiger partial charge is 0.258 e. The number of hydrogen-bond acceptors (Lipinski definition) is 4. The highest BCUT2D eigenvalue weighted by molar-refractivity contribution is 5.27. The zero-order valence-electron chi connectivity index (χ0n) is 17.2. The van der Waals surface area contributed by atoms with Crippen molar-refractivity contribution in [2.75, 3.05) is 0 Å². The lowest BCUT2D eigenvalue weighted by atomic mass is 9.92. The Kier molecular flexibility index (Phi) is 6.62. The Balaban J connectivity index is 1.78. The van der Waals surface area contributed by atoms with Gasteiger partial charge in [0.05, 0.1) is 17.6 Å². The van der Waals surface area contributed by atoms with Crippen LogP contribution in [0.3, 0.4) is 0 Å². The van der Waals surface area contributed by atoms with Gasteiger partial charge in [0, 0.05) is 12.4 Å². The van der Waals surface area contributed by atoms with Gasteiger partial charge >= 0.3 is 0 Å². The minimum Gasteiger partial charge on any atom is -0.258 e. The van der Waals surface area contributed by atoms with Gasteiger partial charge in [0.25, 0.3) is 0 Å². The van der Waals surface area contributed by atoms with E-state index in [0.29, 0.717) is 30.0 Å². The van der Waals surface area contributed by atoms with E-state index in [4.69, 9.17) is 0 Å². The lowest BCUT2D eigenvalue weighted by molar-refractivity contribution is 0.548. The molecule has 2 unspecified atom stereocenters. The van der Waals surface area contributed by atoms with Crippen LogP contribution in [0.4, 0.5) is 8.78 Å². The molecule has 0 aliphatic heterocycles. The molecule has 3 aromatic heterocycles. The average Bonchev–Trinajstić information content (AvgIpc) is 2.69. The Morgan fingerprint density at radius 3 is 2.34 bits per heavy atom. The van der Waals surface area contributed by atoms with E-state index in [2.05, 4.69) is 34.0 Å². The number of halogens is 2. The summed E-state index contributed by atoms with van der Waals surface area (Å²) in [7, 11) is 0. The second-order valence-electron chi connectivity index (χ2n) is 7.92. The molecular weight excluding hydrogens is 370 g/mol. The van der Waals surface area contributed by atoms with Gasteiger partial charge < -0.3 is 0 Å². The fourth-order valence-electron chi connectivity index (χ4n) is 3.43. The quantitative estimate of drug-likeness (QED) is 0.505. The Morgan fingerprint density at radius 1 is 0.862 bits per heavy atom. The molecule has 6 heteroatoms. The molecule has 0 N–H and O–H groups in total. The predicted molar refractivity (Wildman–Crippen MR) is 109 cm³/mol. The molecule has 0 aliphatic carbocycles. The van der Waals surface area contributed by atoms with Crippen LogP contribution in [0.2, 0.25) is 0 Å². The summed E-state index contributed by atoms with van der Waals surface area (Å²) >= 11 is 0. The van der Waals surface area contributed by atoms with E-state index in [-0.39, 0.29) is 17.7 Å². The Labute approximate surface area is 170 Å². The van der Waals surface area contributed by atoms with Gasteiger partial charge in [-0.25, -0.2) is 9.37 Å². The van der Waals surface area contributed by atoms with Crippen molar-refractivity contribution < 1.29 is 8.78 Å². The lowest BCUT2D eigenvalue weighted by Gasteiger charge is -2.17. The van der Waals surface area contributed by atoms with Crippen LogP contribution < -0.4 is 0 Å². The summed E-state index contributed by atoms with van der Waals surface area (Å²) in [5.41, 5.74) is 3.75. The lowest BCUT2D eigenvalue weighted by Crippen LogP contribution is -2.10. The summed E-state index contributed by atoms with van der Waals surface area (Å²) in [6, 6.07) is 6.89. The molecule has 4 nitrogen and oxygen atoms in total. The van der Waals surface area contributed by atoms with Crippen molar-refractivity contribution >= 4 is 0 Å². The summed E-state index contributed by atoms with van der Waals surface area (Å²) in [5.74, 6) is -0.608. The van der Waals surface area contributed by atoms with E-state index >= 15 is 4.39 Å². The van der Waals surface area contributed by atoms with E-state index in [1.54, 1.807) is 24.5 Å². The van der Waals surface area contributed by atoms with Crippen molar-refractivity contribution in [3.8, 4) is 0 Å². The number of aromatic nitrogens is 4. The van der Waals surface area contributed by atoms with Crippen LogP contribution in [-0.4, -0.2) is 20.2 Å². The molecule has 0 saturated carbocycles. The van der Waals surface area contributed by atoms with Crippen LogP contribution in [-0.2, 0) is 12.8 Å². The van der Waals surface area contributed by atoms with Crippen molar-refractivity contribution in [3.05, 3.63) is 82.7 Å². The zero-order chi connectivity index (χ0) is 21.0. The third-order valence-electron chi connectivity index (χ3n) is 5.25. The fraction of sp³-hybridized carbons (Fsp3) is 0.391. The van der Waals surface area contributed by atoms with Crippen molar-refractivity contribution in [1.29, 1.82) is 0 Å². The molecular formula is C23H26F2N4. The normalized spacial score (nSPS) is 13.5. The molecule has 2 atom stereocenters. The maximum atomic E-state index is 15.2. The van der Waals surface area contributed by atoms with Gasteiger partial charge in [-0.2, -0.15) is 14.6 Å². The maximum Gasteiger partial charge on any atom is 0.213 e. The first-order chi connectivity index (χ1) is 13.8. The van der Waals surface area contributed by atoms with Crippen molar-refractivity contribution in [3.63, 3.8) is 0 Å². The van der Waals surface area contributed by atoms with Crippen molar-refractivity contribution in [2.45, 2.75) is 58.3 Å². The van der Waals surface area contributed by atoms with Gasteiger partial charge in [0.15, 0.2) is 0 Å². The highest BCUT2D eigenvalue weighted by Crippen LogP contribution is 2.27. The summed E-state index contributed by atoms with van der Waals surface area (Å²) in [5, 5.41) is 8.29. The molecule has 3 aromatic rings. The predicted octanol–water partition coefficient (Wildman–Crippen LogP) is 5.36. The van der Waals surface area contributed by atoms with Crippen LogP contribution in [0.1, 0.15) is 73.5 Å². The number of pyridine rings is 2. The van der Waals surface area contributed by atoms with E-state index < -0.39 is 5.95 Å². The molecule has 0 amide bonds. The topological polar surface area (TPSA) is 51.6 Å². The molecule has 0 spiro atoms. The molecule has 3 rings (SSSR count). The molecule has 0 aliphatic rings. The zero-order valence-corrected chi connectivity index (χ0v) is 17.2. The third kappa shape index (κ3) is 5.19. The summed E-state index contributed by atoms with van der Waals surface area (Å²) in [4.78, 5) is 7.81. The highest BCUT2D eigenvalue weighted by atomic mass is 19.1. The first-order valence-electron chi connectivity index (χ1n) is 9.91. The Bertz CT molecular complexity index is 975. The monoisotopic (exact) mass is 396 g/mol. The van der Waals surface area contributed by atoms with E-state index in [0.717, 1.165) is 16.8 Å². The van der Waals surface area contributed by atoms with Gasteiger partial charge in [-0.15, -0.1) is 0 Å². The molecule has 152 valence electrons. The number of nitrogens with zero attached hydrogens (tertiary/aromatic N) is 4. The van der Waals surface area contributed by atoms with Crippen LogP contribution in [0.5, 0.6) is 0 Å². The molecule has 0 fully saturated rings. The SMILES string of the molecule is CC(C)c1cnnc(CC(C)c2ccnc(CC(C)c3ccnc(F)c3)c2F)c1. The molecule has 29 heavy (non-hydrogen) atoms. The van der Waals surface area contributed by atoms with Gasteiger partial charge in [0.1, 0.15) is 5.82 Å². The van der Waals surface area contributed by atoms with Crippen LogP contribution in [0, 0.1) is 11.8 Å².